The van der Waals surface area contributed by atoms with Gasteiger partial charge in [-0.2, -0.15) is 15.1 Å². The van der Waals surface area contributed by atoms with E-state index in [1.807, 2.05) is 43.3 Å². The summed E-state index contributed by atoms with van der Waals surface area (Å²) < 4.78 is 17.2. The second-order valence-corrected chi connectivity index (χ2v) is 10.1. The highest BCUT2D eigenvalue weighted by molar-refractivity contribution is 8.27. The average molecular weight is 561 g/mol. The monoisotopic (exact) mass is 560 g/mol. The molecule has 0 aliphatic carbocycles. The molecule has 0 spiro atoms. The number of ether oxygens (including phenoxy) is 3. The standard InChI is InChI=1S/C29H25ClN4O4S/c1-17-8-10-20(14-18(17)2)37-12-13-38-24-11-9-19(16-25(24)36-3)15-22-26(31)34-29(32-27(22)35)39-28(33-34)21-6-4-5-7-23(21)30/h4-11,14-16,31H,12-13H2,1-3H3/b22-15-,31-26?. The Hall–Kier alpha value is -4.08. The number of carbonyl (C=O) groups excluding carboxylic acids is 1. The molecule has 8 nitrogen and oxygen atoms in total. The molecule has 0 bridgehead atoms. The number of methoxy groups -OCH3 is 1. The topological polar surface area (TPSA) is 96.6 Å². The Morgan fingerprint density at radius 2 is 1.79 bits per heavy atom. The minimum absolute atomic E-state index is 0.0673. The van der Waals surface area contributed by atoms with Crippen LogP contribution in [-0.4, -0.2) is 47.3 Å². The molecule has 2 heterocycles. The molecule has 3 aromatic carbocycles. The minimum atomic E-state index is -0.517. The van der Waals surface area contributed by atoms with Gasteiger partial charge in [-0.05, 0) is 78.7 Å². The summed E-state index contributed by atoms with van der Waals surface area (Å²) in [6, 6.07) is 18.5. The van der Waals surface area contributed by atoms with Crippen molar-refractivity contribution < 1.29 is 19.0 Å². The lowest BCUT2D eigenvalue weighted by Crippen LogP contribution is -2.35. The second kappa shape index (κ2) is 11.3. The lowest BCUT2D eigenvalue weighted by molar-refractivity contribution is -0.114. The van der Waals surface area contributed by atoms with Crippen molar-refractivity contribution in [3.63, 3.8) is 0 Å². The molecule has 0 saturated carbocycles. The van der Waals surface area contributed by atoms with Crippen LogP contribution in [0, 0.1) is 19.3 Å². The number of amidine groups is 2. The highest BCUT2D eigenvalue weighted by atomic mass is 35.5. The quantitative estimate of drug-likeness (QED) is 0.264. The fourth-order valence-corrected chi connectivity index (χ4v) is 5.12. The predicted octanol–water partition coefficient (Wildman–Crippen LogP) is 6.09. The molecule has 0 unspecified atom stereocenters. The first kappa shape index (κ1) is 26.5. The van der Waals surface area contributed by atoms with E-state index in [1.54, 1.807) is 37.5 Å². The molecule has 1 N–H and O–H groups in total. The molecule has 10 heteroatoms. The Bertz CT molecular complexity index is 1570. The summed E-state index contributed by atoms with van der Waals surface area (Å²) in [5.74, 6) is 1.24. The number of hydrogen-bond donors (Lipinski definition) is 1. The SMILES string of the molecule is COc1cc(/C=C2/C(=N)N3N=C(c4ccccc4Cl)SC3=NC2=O)ccc1OCCOc1ccc(C)c(C)c1. The summed E-state index contributed by atoms with van der Waals surface area (Å²) >= 11 is 7.51. The molecule has 0 atom stereocenters. The summed E-state index contributed by atoms with van der Waals surface area (Å²) in [6.07, 6.45) is 1.59. The van der Waals surface area contributed by atoms with Gasteiger partial charge >= 0.3 is 0 Å². The maximum Gasteiger partial charge on any atom is 0.283 e. The van der Waals surface area contributed by atoms with E-state index in [4.69, 9.17) is 31.2 Å². The third-order valence-corrected chi connectivity index (χ3v) is 7.42. The van der Waals surface area contributed by atoms with Gasteiger partial charge in [0.25, 0.3) is 5.91 Å². The van der Waals surface area contributed by atoms with Crippen molar-refractivity contribution in [1.29, 1.82) is 5.41 Å². The highest BCUT2D eigenvalue weighted by Gasteiger charge is 2.36. The molecular weight excluding hydrogens is 536 g/mol. The number of nitrogens with zero attached hydrogens (tertiary/aromatic N) is 3. The second-order valence-electron chi connectivity index (χ2n) is 8.76. The highest BCUT2D eigenvalue weighted by Crippen LogP contribution is 2.34. The van der Waals surface area contributed by atoms with E-state index in [0.717, 1.165) is 5.75 Å². The molecular formula is C29H25ClN4O4S. The summed E-state index contributed by atoms with van der Waals surface area (Å²) in [4.78, 5) is 17.0. The van der Waals surface area contributed by atoms with Crippen LogP contribution < -0.4 is 14.2 Å². The smallest absolute Gasteiger partial charge is 0.283 e. The molecule has 0 radical (unpaired) electrons. The average Bonchev–Trinajstić information content (AvgIpc) is 3.35. The molecule has 0 fully saturated rings. The maximum absolute atomic E-state index is 12.8. The van der Waals surface area contributed by atoms with E-state index >= 15 is 0 Å². The molecule has 39 heavy (non-hydrogen) atoms. The van der Waals surface area contributed by atoms with Crippen molar-refractivity contribution in [2.45, 2.75) is 13.8 Å². The first-order valence-electron chi connectivity index (χ1n) is 12.1. The van der Waals surface area contributed by atoms with E-state index in [1.165, 1.54) is 27.9 Å². The van der Waals surface area contributed by atoms with Gasteiger partial charge in [0.1, 0.15) is 24.0 Å². The Kier molecular flexibility index (Phi) is 7.72. The Morgan fingerprint density at radius 1 is 1.00 bits per heavy atom. The third kappa shape index (κ3) is 5.69. The Labute approximate surface area is 235 Å². The van der Waals surface area contributed by atoms with Crippen molar-refractivity contribution in [3.8, 4) is 17.2 Å². The van der Waals surface area contributed by atoms with E-state index in [2.05, 4.69) is 17.0 Å². The molecule has 198 valence electrons. The molecule has 5 rings (SSSR count). The Balaban J connectivity index is 1.28. The van der Waals surface area contributed by atoms with Gasteiger partial charge in [0.2, 0.25) is 5.17 Å². The summed E-state index contributed by atoms with van der Waals surface area (Å²) in [5, 5.41) is 15.9. The number of fused-ring (bicyclic) bond motifs is 1. The van der Waals surface area contributed by atoms with Gasteiger partial charge in [0, 0.05) is 5.56 Å². The number of hydrogen-bond acceptors (Lipinski definition) is 7. The van der Waals surface area contributed by atoms with Crippen LogP contribution in [0.3, 0.4) is 0 Å². The predicted molar refractivity (Wildman–Crippen MR) is 155 cm³/mol. The largest absolute Gasteiger partial charge is 0.493 e. The fraction of sp³-hybridized carbons (Fsp3) is 0.172. The van der Waals surface area contributed by atoms with Gasteiger partial charge in [-0.3, -0.25) is 10.2 Å². The summed E-state index contributed by atoms with van der Waals surface area (Å²) in [6.45, 7) is 4.79. The van der Waals surface area contributed by atoms with Crippen molar-refractivity contribution in [2.24, 2.45) is 10.1 Å². The minimum Gasteiger partial charge on any atom is -0.493 e. The number of carbonyl (C=O) groups is 1. The van der Waals surface area contributed by atoms with Crippen molar-refractivity contribution in [3.05, 3.63) is 93.5 Å². The number of halogens is 1. The zero-order valence-electron chi connectivity index (χ0n) is 21.5. The van der Waals surface area contributed by atoms with Crippen LogP contribution in [-0.2, 0) is 4.79 Å². The van der Waals surface area contributed by atoms with Gasteiger partial charge in [-0.25, -0.2) is 0 Å². The zero-order valence-corrected chi connectivity index (χ0v) is 23.1. The van der Waals surface area contributed by atoms with Crippen LogP contribution in [0.2, 0.25) is 5.02 Å². The third-order valence-electron chi connectivity index (χ3n) is 6.15. The normalized spacial score (nSPS) is 15.7. The van der Waals surface area contributed by atoms with Gasteiger partial charge in [0.15, 0.2) is 17.3 Å². The number of aliphatic imine (C=N–C) groups is 1. The zero-order chi connectivity index (χ0) is 27.5. The van der Waals surface area contributed by atoms with Crippen molar-refractivity contribution in [2.75, 3.05) is 20.3 Å². The van der Waals surface area contributed by atoms with Crippen LogP contribution in [0.15, 0.2) is 76.3 Å². The van der Waals surface area contributed by atoms with Crippen LogP contribution >= 0.6 is 23.4 Å². The number of rotatable bonds is 8. The van der Waals surface area contributed by atoms with E-state index < -0.39 is 5.91 Å². The number of amides is 1. The van der Waals surface area contributed by atoms with E-state index in [9.17, 15) is 4.79 Å². The van der Waals surface area contributed by atoms with Crippen LogP contribution in [0.25, 0.3) is 6.08 Å². The number of nitrogens with one attached hydrogen (secondary N) is 1. The van der Waals surface area contributed by atoms with Crippen molar-refractivity contribution in [1.82, 2.24) is 5.01 Å². The van der Waals surface area contributed by atoms with Gasteiger partial charge in [-0.15, -0.1) is 0 Å². The lowest BCUT2D eigenvalue weighted by Gasteiger charge is -2.20. The number of benzene rings is 3. The van der Waals surface area contributed by atoms with Gasteiger partial charge < -0.3 is 14.2 Å². The molecule has 0 saturated heterocycles. The molecule has 2 aliphatic rings. The van der Waals surface area contributed by atoms with E-state index in [-0.39, 0.29) is 11.4 Å². The summed E-state index contributed by atoms with van der Waals surface area (Å²) in [7, 11) is 1.54. The lowest BCUT2D eigenvalue weighted by atomic mass is 10.1. The van der Waals surface area contributed by atoms with Crippen molar-refractivity contribution >= 4 is 51.4 Å². The molecule has 3 aromatic rings. The van der Waals surface area contributed by atoms with Crippen LogP contribution in [0.1, 0.15) is 22.3 Å². The summed E-state index contributed by atoms with van der Waals surface area (Å²) in [5.41, 5.74) is 3.86. The molecule has 2 aliphatic heterocycles. The van der Waals surface area contributed by atoms with Crippen LogP contribution in [0.4, 0.5) is 0 Å². The van der Waals surface area contributed by atoms with Crippen LogP contribution in [0.5, 0.6) is 17.2 Å². The molecule has 0 aromatic heterocycles. The van der Waals surface area contributed by atoms with Gasteiger partial charge in [0.05, 0.1) is 17.7 Å². The number of hydrazone groups is 1. The number of thioether (sulfide) groups is 1. The fourth-order valence-electron chi connectivity index (χ4n) is 3.91. The maximum atomic E-state index is 12.8. The first-order chi connectivity index (χ1) is 18.8. The first-order valence-corrected chi connectivity index (χ1v) is 13.3. The Morgan fingerprint density at radius 3 is 2.56 bits per heavy atom. The van der Waals surface area contributed by atoms with E-state index in [0.29, 0.717) is 51.1 Å². The molecule has 1 amide bonds. The van der Waals surface area contributed by atoms with Gasteiger partial charge in [-0.1, -0.05) is 41.9 Å². The number of aryl methyl sites for hydroxylation is 2.